The molecule has 0 aromatic carbocycles. The molecule has 2 nitrogen and oxygen atoms in total. The Labute approximate surface area is 94.7 Å². The molecule has 1 aromatic heterocycles. The molecule has 15 heavy (non-hydrogen) atoms. The molecule has 0 saturated carbocycles. The van der Waals surface area contributed by atoms with E-state index < -0.39 is 0 Å². The monoisotopic (exact) mass is 221 g/mol. The molecule has 0 saturated heterocycles. The third kappa shape index (κ3) is 4.18. The third-order valence-corrected chi connectivity index (χ3v) is 2.79. The van der Waals surface area contributed by atoms with Crippen molar-refractivity contribution in [1.82, 2.24) is 5.32 Å². The van der Waals surface area contributed by atoms with Gasteiger partial charge in [0.15, 0.2) is 0 Å². The Morgan fingerprint density at radius 3 is 3.07 bits per heavy atom. The number of rotatable bonds is 5. The van der Waals surface area contributed by atoms with E-state index in [-0.39, 0.29) is 11.9 Å². The first-order valence-corrected chi connectivity index (χ1v) is 5.97. The van der Waals surface area contributed by atoms with Crippen molar-refractivity contribution in [3.63, 3.8) is 0 Å². The number of nitrogens with one attached hydrogen (secondary N) is 1. The Hall–Kier alpha value is -1.27. The van der Waals surface area contributed by atoms with Crippen molar-refractivity contribution in [2.75, 3.05) is 0 Å². The van der Waals surface area contributed by atoms with Gasteiger partial charge in [-0.05, 0) is 28.8 Å². The first-order chi connectivity index (χ1) is 7.26. The molecule has 0 fully saturated rings. The van der Waals surface area contributed by atoms with Crippen LogP contribution in [0.1, 0.15) is 25.3 Å². The number of carbonyl (C=O) groups is 1. The van der Waals surface area contributed by atoms with Crippen LogP contribution in [0.3, 0.4) is 0 Å². The van der Waals surface area contributed by atoms with Crippen molar-refractivity contribution in [2.24, 2.45) is 0 Å². The van der Waals surface area contributed by atoms with Crippen LogP contribution in [0.2, 0.25) is 0 Å². The fourth-order valence-corrected chi connectivity index (χ4v) is 1.98. The molecule has 0 aliphatic carbocycles. The molecule has 1 aromatic rings. The van der Waals surface area contributed by atoms with Crippen molar-refractivity contribution in [1.29, 1.82) is 0 Å². The van der Waals surface area contributed by atoms with Crippen LogP contribution in [-0.2, 0) is 11.2 Å². The first kappa shape index (κ1) is 11.8. The fourth-order valence-electron chi connectivity index (χ4n) is 1.31. The maximum Gasteiger partial charge on any atom is 0.225 e. The van der Waals surface area contributed by atoms with Gasteiger partial charge in [0.1, 0.15) is 0 Å². The Bertz CT molecular complexity index is 337. The van der Waals surface area contributed by atoms with Crippen LogP contribution in [0.15, 0.2) is 16.8 Å². The molecule has 1 amide bonds. The third-order valence-electron chi connectivity index (χ3n) is 2.06. The predicted molar refractivity (Wildman–Crippen MR) is 63.7 cm³/mol. The molecule has 3 heteroatoms. The molecular weight excluding hydrogens is 206 g/mol. The van der Waals surface area contributed by atoms with Crippen LogP contribution < -0.4 is 5.32 Å². The van der Waals surface area contributed by atoms with Gasteiger partial charge in [-0.25, -0.2) is 0 Å². The fraction of sp³-hybridized carbons (Fsp3) is 0.417. The molecule has 1 N–H and O–H groups in total. The number of terminal acetylenes is 1. The minimum Gasteiger partial charge on any atom is -0.342 e. The minimum absolute atomic E-state index is 0.00444. The smallest absolute Gasteiger partial charge is 0.225 e. The van der Waals surface area contributed by atoms with Gasteiger partial charge in [-0.15, -0.1) is 6.42 Å². The SMILES string of the molecule is C#CC(CCC)NC(=O)Cc1ccsc1. The molecule has 0 aliphatic heterocycles. The van der Waals surface area contributed by atoms with Crippen molar-refractivity contribution in [3.8, 4) is 12.3 Å². The van der Waals surface area contributed by atoms with E-state index in [0.29, 0.717) is 6.42 Å². The molecule has 1 atom stereocenters. The highest BCUT2D eigenvalue weighted by Gasteiger charge is 2.08. The van der Waals surface area contributed by atoms with Gasteiger partial charge in [0, 0.05) is 0 Å². The summed E-state index contributed by atoms with van der Waals surface area (Å²) in [4.78, 5) is 11.6. The molecule has 0 spiro atoms. The summed E-state index contributed by atoms with van der Waals surface area (Å²) in [5.74, 6) is 2.59. The lowest BCUT2D eigenvalue weighted by Gasteiger charge is -2.11. The van der Waals surface area contributed by atoms with Crippen LogP contribution in [0, 0.1) is 12.3 Å². The summed E-state index contributed by atoms with van der Waals surface area (Å²) in [5.41, 5.74) is 1.05. The summed E-state index contributed by atoms with van der Waals surface area (Å²) >= 11 is 1.60. The normalized spacial score (nSPS) is 11.7. The van der Waals surface area contributed by atoms with Crippen LogP contribution in [0.25, 0.3) is 0 Å². The highest BCUT2D eigenvalue weighted by Crippen LogP contribution is 2.06. The molecular formula is C12H15NOS. The van der Waals surface area contributed by atoms with E-state index in [0.717, 1.165) is 18.4 Å². The van der Waals surface area contributed by atoms with Gasteiger partial charge < -0.3 is 5.32 Å². The predicted octanol–water partition coefficient (Wildman–Crippen LogP) is 2.21. The summed E-state index contributed by atoms with van der Waals surface area (Å²) in [6, 6.07) is 1.83. The first-order valence-electron chi connectivity index (χ1n) is 5.02. The zero-order chi connectivity index (χ0) is 11.1. The lowest BCUT2D eigenvalue weighted by atomic mass is 10.1. The second-order valence-electron chi connectivity index (χ2n) is 3.38. The number of hydrogen-bond acceptors (Lipinski definition) is 2. The summed E-state index contributed by atoms with van der Waals surface area (Å²) in [6.45, 7) is 2.05. The van der Waals surface area contributed by atoms with E-state index in [1.807, 2.05) is 16.8 Å². The lowest BCUT2D eigenvalue weighted by molar-refractivity contribution is -0.120. The van der Waals surface area contributed by atoms with E-state index in [2.05, 4.69) is 18.2 Å². The van der Waals surface area contributed by atoms with Gasteiger partial charge in [0.25, 0.3) is 0 Å². The topological polar surface area (TPSA) is 29.1 Å². The zero-order valence-electron chi connectivity index (χ0n) is 8.82. The maximum absolute atomic E-state index is 11.6. The minimum atomic E-state index is -0.124. The Morgan fingerprint density at radius 1 is 1.73 bits per heavy atom. The molecule has 1 heterocycles. The van der Waals surface area contributed by atoms with Crippen LogP contribution in [-0.4, -0.2) is 11.9 Å². The largest absolute Gasteiger partial charge is 0.342 e. The van der Waals surface area contributed by atoms with Gasteiger partial charge in [-0.2, -0.15) is 11.3 Å². The number of amides is 1. The lowest BCUT2D eigenvalue weighted by Crippen LogP contribution is -2.34. The summed E-state index contributed by atoms with van der Waals surface area (Å²) in [5, 5.41) is 6.78. The molecule has 80 valence electrons. The molecule has 0 aliphatic rings. The number of hydrogen-bond donors (Lipinski definition) is 1. The number of thiophene rings is 1. The Morgan fingerprint density at radius 2 is 2.53 bits per heavy atom. The van der Waals surface area contributed by atoms with E-state index in [4.69, 9.17) is 6.42 Å². The highest BCUT2D eigenvalue weighted by molar-refractivity contribution is 7.07. The van der Waals surface area contributed by atoms with Crippen molar-refractivity contribution in [2.45, 2.75) is 32.2 Å². The summed E-state index contributed by atoms with van der Waals surface area (Å²) in [6.07, 6.45) is 7.56. The van der Waals surface area contributed by atoms with E-state index in [1.54, 1.807) is 11.3 Å². The van der Waals surface area contributed by atoms with Crippen molar-refractivity contribution >= 4 is 17.2 Å². The van der Waals surface area contributed by atoms with Crippen LogP contribution in [0.4, 0.5) is 0 Å². The standard InChI is InChI=1S/C12H15NOS/c1-3-5-11(4-2)13-12(14)8-10-6-7-15-9-10/h2,6-7,9,11H,3,5,8H2,1H3,(H,13,14). The average molecular weight is 221 g/mol. The molecule has 0 bridgehead atoms. The number of carbonyl (C=O) groups excluding carboxylic acids is 1. The second-order valence-corrected chi connectivity index (χ2v) is 4.16. The Balaban J connectivity index is 2.38. The second kappa shape index (κ2) is 6.26. The van der Waals surface area contributed by atoms with Gasteiger partial charge >= 0.3 is 0 Å². The van der Waals surface area contributed by atoms with E-state index in [1.165, 1.54) is 0 Å². The van der Waals surface area contributed by atoms with E-state index in [9.17, 15) is 4.79 Å². The summed E-state index contributed by atoms with van der Waals surface area (Å²) in [7, 11) is 0. The van der Waals surface area contributed by atoms with E-state index >= 15 is 0 Å². The van der Waals surface area contributed by atoms with Crippen LogP contribution >= 0.6 is 11.3 Å². The van der Waals surface area contributed by atoms with Gasteiger partial charge in [-0.3, -0.25) is 4.79 Å². The van der Waals surface area contributed by atoms with Crippen LogP contribution in [0.5, 0.6) is 0 Å². The van der Waals surface area contributed by atoms with Gasteiger partial charge in [-0.1, -0.05) is 19.3 Å². The molecule has 1 rings (SSSR count). The van der Waals surface area contributed by atoms with Gasteiger partial charge in [0.2, 0.25) is 5.91 Å². The Kier molecular flexibility index (Phi) is 4.92. The molecule has 1 unspecified atom stereocenters. The zero-order valence-corrected chi connectivity index (χ0v) is 9.64. The maximum atomic E-state index is 11.6. The van der Waals surface area contributed by atoms with Crippen molar-refractivity contribution < 1.29 is 4.79 Å². The van der Waals surface area contributed by atoms with Crippen molar-refractivity contribution in [3.05, 3.63) is 22.4 Å². The van der Waals surface area contributed by atoms with Gasteiger partial charge in [0.05, 0.1) is 12.5 Å². The molecule has 0 radical (unpaired) electrons. The summed E-state index contributed by atoms with van der Waals surface area (Å²) < 4.78 is 0. The highest BCUT2D eigenvalue weighted by atomic mass is 32.1. The average Bonchev–Trinajstić information content (AvgIpc) is 2.69. The quantitative estimate of drug-likeness (QED) is 0.759.